The lowest BCUT2D eigenvalue weighted by molar-refractivity contribution is 0.102. The summed E-state index contributed by atoms with van der Waals surface area (Å²) in [6.07, 6.45) is 1.35. The number of carbonyl (C=O) groups excluding carboxylic acids is 1. The molecule has 3 aromatic rings. The largest absolute Gasteiger partial charge is 0.495 e. The van der Waals surface area contributed by atoms with Crippen LogP contribution in [0.15, 0.2) is 54.9 Å². The van der Waals surface area contributed by atoms with Crippen LogP contribution in [0.25, 0.3) is 0 Å². The first-order chi connectivity index (χ1) is 13.0. The lowest BCUT2D eigenvalue weighted by Gasteiger charge is -2.11. The van der Waals surface area contributed by atoms with Crippen LogP contribution in [-0.2, 0) is 6.54 Å². The number of methoxy groups -OCH3 is 1. The number of rotatable bonds is 6. The molecule has 0 unspecified atom stereocenters. The second kappa shape index (κ2) is 8.51. The number of ether oxygens (including phenoxy) is 1. The summed E-state index contributed by atoms with van der Waals surface area (Å²) in [6.45, 7) is 2.64. The number of aryl methyl sites for hydroxylation is 1. The van der Waals surface area contributed by atoms with Crippen molar-refractivity contribution in [1.82, 2.24) is 9.97 Å². The van der Waals surface area contributed by atoms with Crippen LogP contribution in [0, 0.1) is 6.92 Å². The zero-order valence-corrected chi connectivity index (χ0v) is 15.7. The third-order valence-electron chi connectivity index (χ3n) is 3.87. The van der Waals surface area contributed by atoms with E-state index < -0.39 is 0 Å². The first kappa shape index (κ1) is 18.7. The second-order valence-electron chi connectivity index (χ2n) is 5.93. The second-order valence-corrected chi connectivity index (χ2v) is 6.37. The molecule has 0 atom stereocenters. The summed E-state index contributed by atoms with van der Waals surface area (Å²) >= 11 is 6.00. The topological polar surface area (TPSA) is 76.1 Å². The van der Waals surface area contributed by atoms with Gasteiger partial charge >= 0.3 is 0 Å². The van der Waals surface area contributed by atoms with Crippen LogP contribution in [0.2, 0.25) is 5.02 Å². The van der Waals surface area contributed by atoms with Gasteiger partial charge in [-0.15, -0.1) is 0 Å². The Hall–Kier alpha value is -3.12. The molecule has 1 amide bonds. The number of nitrogens with one attached hydrogen (secondary N) is 2. The van der Waals surface area contributed by atoms with Crippen LogP contribution in [0.4, 0.5) is 11.5 Å². The molecule has 0 bridgehead atoms. The number of benzene rings is 2. The molecular formula is C20H19ClN4O2. The SMILES string of the molecule is COc1ccc(Cl)cc1NC(=O)c1cc(NCc2cccc(C)c2)ncn1. The Balaban J connectivity index is 1.71. The summed E-state index contributed by atoms with van der Waals surface area (Å²) < 4.78 is 5.24. The van der Waals surface area contributed by atoms with E-state index in [1.54, 1.807) is 24.3 Å². The average molecular weight is 383 g/mol. The molecule has 0 spiro atoms. The van der Waals surface area contributed by atoms with Gasteiger partial charge in [0.1, 0.15) is 23.6 Å². The Morgan fingerprint density at radius 3 is 2.78 bits per heavy atom. The van der Waals surface area contributed by atoms with Crippen molar-refractivity contribution in [3.8, 4) is 5.75 Å². The van der Waals surface area contributed by atoms with E-state index in [0.29, 0.717) is 28.8 Å². The maximum atomic E-state index is 12.5. The normalized spacial score (nSPS) is 10.3. The number of aromatic nitrogens is 2. The molecule has 0 aliphatic heterocycles. The molecule has 0 saturated heterocycles. The highest BCUT2D eigenvalue weighted by molar-refractivity contribution is 6.31. The third-order valence-corrected chi connectivity index (χ3v) is 4.10. The molecule has 2 N–H and O–H groups in total. The molecular weight excluding hydrogens is 364 g/mol. The summed E-state index contributed by atoms with van der Waals surface area (Å²) in [7, 11) is 1.52. The highest BCUT2D eigenvalue weighted by Gasteiger charge is 2.12. The zero-order valence-electron chi connectivity index (χ0n) is 15.0. The maximum Gasteiger partial charge on any atom is 0.274 e. The molecule has 1 aromatic heterocycles. The van der Waals surface area contributed by atoms with E-state index in [1.165, 1.54) is 19.0 Å². The molecule has 27 heavy (non-hydrogen) atoms. The molecule has 0 radical (unpaired) electrons. The van der Waals surface area contributed by atoms with Gasteiger partial charge in [-0.3, -0.25) is 4.79 Å². The Morgan fingerprint density at radius 2 is 2.00 bits per heavy atom. The fraction of sp³-hybridized carbons (Fsp3) is 0.150. The van der Waals surface area contributed by atoms with Crippen molar-refractivity contribution in [2.24, 2.45) is 0 Å². The van der Waals surface area contributed by atoms with Crippen LogP contribution in [0.1, 0.15) is 21.6 Å². The van der Waals surface area contributed by atoms with Gasteiger partial charge in [0.2, 0.25) is 0 Å². The fourth-order valence-corrected chi connectivity index (χ4v) is 2.73. The summed E-state index contributed by atoms with van der Waals surface area (Å²) in [5.41, 5.74) is 3.03. The van der Waals surface area contributed by atoms with Gasteiger partial charge in [-0.1, -0.05) is 41.4 Å². The van der Waals surface area contributed by atoms with Crippen LogP contribution < -0.4 is 15.4 Å². The summed E-state index contributed by atoms with van der Waals surface area (Å²) in [4.78, 5) is 20.7. The van der Waals surface area contributed by atoms with Crippen molar-refractivity contribution < 1.29 is 9.53 Å². The third kappa shape index (κ3) is 4.95. The van der Waals surface area contributed by atoms with Gasteiger partial charge in [0, 0.05) is 17.6 Å². The number of anilines is 2. The predicted octanol–water partition coefficient (Wildman–Crippen LogP) is 4.31. The minimum Gasteiger partial charge on any atom is -0.495 e. The quantitative estimate of drug-likeness (QED) is 0.664. The number of hydrogen-bond donors (Lipinski definition) is 2. The highest BCUT2D eigenvalue weighted by Crippen LogP contribution is 2.28. The van der Waals surface area contributed by atoms with Crippen LogP contribution in [0.3, 0.4) is 0 Å². The smallest absolute Gasteiger partial charge is 0.274 e. The van der Waals surface area contributed by atoms with Gasteiger partial charge in [-0.25, -0.2) is 9.97 Å². The first-order valence-electron chi connectivity index (χ1n) is 8.31. The van der Waals surface area contributed by atoms with E-state index in [9.17, 15) is 4.79 Å². The number of nitrogens with zero attached hydrogens (tertiary/aromatic N) is 2. The molecule has 0 aliphatic rings. The minimum atomic E-state index is -0.378. The minimum absolute atomic E-state index is 0.235. The van der Waals surface area contributed by atoms with Crippen molar-refractivity contribution in [2.75, 3.05) is 17.7 Å². The van der Waals surface area contributed by atoms with Gasteiger partial charge in [0.25, 0.3) is 5.91 Å². The van der Waals surface area contributed by atoms with E-state index in [1.807, 2.05) is 25.1 Å². The Bertz CT molecular complexity index is 962. The first-order valence-corrected chi connectivity index (χ1v) is 8.69. The van der Waals surface area contributed by atoms with Gasteiger partial charge in [0.15, 0.2) is 0 Å². The molecule has 1 heterocycles. The molecule has 3 rings (SSSR count). The van der Waals surface area contributed by atoms with Crippen molar-refractivity contribution in [2.45, 2.75) is 13.5 Å². The van der Waals surface area contributed by atoms with E-state index in [4.69, 9.17) is 16.3 Å². The Labute approximate surface area is 162 Å². The average Bonchev–Trinajstić information content (AvgIpc) is 2.67. The Kier molecular flexibility index (Phi) is 5.88. The van der Waals surface area contributed by atoms with Crippen LogP contribution >= 0.6 is 11.6 Å². The number of amides is 1. The lowest BCUT2D eigenvalue weighted by Crippen LogP contribution is -2.15. The highest BCUT2D eigenvalue weighted by atomic mass is 35.5. The van der Waals surface area contributed by atoms with Crippen molar-refractivity contribution in [1.29, 1.82) is 0 Å². The van der Waals surface area contributed by atoms with E-state index >= 15 is 0 Å². The molecule has 2 aromatic carbocycles. The van der Waals surface area contributed by atoms with E-state index in [2.05, 4.69) is 26.7 Å². The number of hydrogen-bond acceptors (Lipinski definition) is 5. The molecule has 0 fully saturated rings. The summed E-state index contributed by atoms with van der Waals surface area (Å²) in [6, 6.07) is 14.8. The zero-order chi connectivity index (χ0) is 19.2. The van der Waals surface area contributed by atoms with Gasteiger partial charge in [-0.05, 0) is 30.7 Å². The fourth-order valence-electron chi connectivity index (χ4n) is 2.56. The summed E-state index contributed by atoms with van der Waals surface area (Å²) in [5, 5.41) is 6.46. The standard InChI is InChI=1S/C20H19ClN4O2/c1-13-4-3-5-14(8-13)11-22-19-10-17(23-12-24-19)20(26)25-16-9-15(21)6-7-18(16)27-2/h3-10,12H,11H2,1-2H3,(H,25,26)(H,22,23,24). The molecule has 6 nitrogen and oxygen atoms in total. The van der Waals surface area contributed by atoms with Crippen molar-refractivity contribution >= 4 is 29.0 Å². The monoisotopic (exact) mass is 382 g/mol. The predicted molar refractivity (Wildman–Crippen MR) is 106 cm³/mol. The number of halogens is 1. The van der Waals surface area contributed by atoms with Crippen molar-refractivity contribution in [3.05, 3.63) is 76.7 Å². The Morgan fingerprint density at radius 1 is 1.15 bits per heavy atom. The van der Waals surface area contributed by atoms with Gasteiger partial charge < -0.3 is 15.4 Å². The molecule has 7 heteroatoms. The lowest BCUT2D eigenvalue weighted by atomic mass is 10.1. The number of carbonyl (C=O) groups is 1. The van der Waals surface area contributed by atoms with Crippen LogP contribution in [-0.4, -0.2) is 23.0 Å². The van der Waals surface area contributed by atoms with Crippen LogP contribution in [0.5, 0.6) is 5.75 Å². The molecule has 138 valence electrons. The maximum absolute atomic E-state index is 12.5. The van der Waals surface area contributed by atoms with Crippen molar-refractivity contribution in [3.63, 3.8) is 0 Å². The van der Waals surface area contributed by atoms with Gasteiger partial charge in [0.05, 0.1) is 12.8 Å². The van der Waals surface area contributed by atoms with E-state index in [0.717, 1.165) is 5.56 Å². The molecule has 0 saturated carbocycles. The van der Waals surface area contributed by atoms with Gasteiger partial charge in [-0.2, -0.15) is 0 Å². The summed E-state index contributed by atoms with van der Waals surface area (Å²) in [5.74, 6) is 0.700. The van der Waals surface area contributed by atoms with E-state index in [-0.39, 0.29) is 11.6 Å². The molecule has 0 aliphatic carbocycles.